The minimum Gasteiger partial charge on any atom is -0.394 e. The van der Waals surface area contributed by atoms with E-state index in [4.69, 9.17) is 25.7 Å². The molecule has 0 unspecified atom stereocenters. The molecule has 134 valence electrons. The molecule has 0 atom stereocenters. The lowest BCUT2D eigenvalue weighted by molar-refractivity contribution is -0.0488. The number of aromatic nitrogens is 4. The van der Waals surface area contributed by atoms with Gasteiger partial charge in [-0.15, -0.1) is 0 Å². The van der Waals surface area contributed by atoms with Crippen LogP contribution in [0.1, 0.15) is 19.8 Å². The molecular weight excluding hydrogens is 326 g/mol. The summed E-state index contributed by atoms with van der Waals surface area (Å²) in [6.45, 7) is 6.30. The summed E-state index contributed by atoms with van der Waals surface area (Å²) in [5.41, 5.74) is 8.08. The van der Waals surface area contributed by atoms with Crippen molar-refractivity contribution in [3.8, 4) is 0 Å². The van der Waals surface area contributed by atoms with Gasteiger partial charge in [0.15, 0.2) is 11.5 Å². The summed E-state index contributed by atoms with van der Waals surface area (Å²) < 4.78 is 7.18. The molecule has 0 bridgehead atoms. The predicted molar refractivity (Wildman–Crippen MR) is 95.6 cm³/mol. The minimum atomic E-state index is -1.77. The molecule has 9 heteroatoms. The van der Waals surface area contributed by atoms with Crippen molar-refractivity contribution in [3.05, 3.63) is 6.33 Å². The quantitative estimate of drug-likeness (QED) is 0.560. The third-order valence-corrected chi connectivity index (χ3v) is 7.15. The molecule has 2 aromatic heterocycles. The third-order valence-electron chi connectivity index (χ3n) is 4.11. The van der Waals surface area contributed by atoms with Gasteiger partial charge in [-0.3, -0.25) is 4.57 Å². The first-order chi connectivity index (χ1) is 11.4. The van der Waals surface area contributed by atoms with E-state index < -0.39 is 14.2 Å². The van der Waals surface area contributed by atoms with Crippen LogP contribution in [0.15, 0.2) is 6.33 Å². The number of nitrogens with zero attached hydrogens (tertiary/aromatic N) is 4. The summed E-state index contributed by atoms with van der Waals surface area (Å²) in [4.78, 5) is 13.5. The first kappa shape index (κ1) is 18.8. The highest BCUT2D eigenvalue weighted by atomic mass is 28.3. The highest BCUT2D eigenvalue weighted by Crippen LogP contribution is 2.18. The Morgan fingerprint density at radius 2 is 2.00 bits per heavy atom. The zero-order valence-corrected chi connectivity index (χ0v) is 15.6. The molecule has 24 heavy (non-hydrogen) atoms. The van der Waals surface area contributed by atoms with E-state index in [1.54, 1.807) is 10.9 Å². The average Bonchev–Trinajstić information content (AvgIpc) is 2.98. The SMILES string of the molecule is CCCC[Si](C)(C)c1nc(N)c2ncn(COC(CO)CO)c2n1. The van der Waals surface area contributed by atoms with E-state index in [2.05, 4.69) is 30.0 Å². The number of rotatable bonds is 9. The largest absolute Gasteiger partial charge is 0.394 e. The summed E-state index contributed by atoms with van der Waals surface area (Å²) in [6, 6.07) is 1.11. The maximum atomic E-state index is 9.10. The third kappa shape index (κ3) is 4.10. The number of aliphatic hydroxyl groups excluding tert-OH is 2. The van der Waals surface area contributed by atoms with Gasteiger partial charge in [0.2, 0.25) is 0 Å². The normalized spacial score (nSPS) is 12.4. The summed E-state index contributed by atoms with van der Waals surface area (Å²) in [7, 11) is -1.77. The van der Waals surface area contributed by atoms with Crippen LogP contribution < -0.4 is 11.2 Å². The second kappa shape index (κ2) is 8.02. The monoisotopic (exact) mass is 353 g/mol. The smallest absolute Gasteiger partial charge is 0.167 e. The Morgan fingerprint density at radius 3 is 2.62 bits per heavy atom. The highest BCUT2D eigenvalue weighted by Gasteiger charge is 2.28. The molecule has 2 rings (SSSR count). The summed E-state index contributed by atoms with van der Waals surface area (Å²) in [5.74, 6) is 0.381. The summed E-state index contributed by atoms with van der Waals surface area (Å²) in [6.07, 6.45) is 3.25. The topological polar surface area (TPSA) is 119 Å². The van der Waals surface area contributed by atoms with Gasteiger partial charge in [-0.05, 0) is 0 Å². The van der Waals surface area contributed by atoms with Crippen LogP contribution >= 0.6 is 0 Å². The van der Waals surface area contributed by atoms with Crippen LogP contribution in [0, 0.1) is 0 Å². The molecule has 0 saturated heterocycles. The lowest BCUT2D eigenvalue weighted by Gasteiger charge is -2.20. The van der Waals surface area contributed by atoms with E-state index in [0.29, 0.717) is 17.0 Å². The lowest BCUT2D eigenvalue weighted by Crippen LogP contribution is -2.45. The molecule has 0 radical (unpaired) electrons. The molecule has 0 aromatic carbocycles. The fraction of sp³-hybridized carbons (Fsp3) is 0.667. The Balaban J connectivity index is 2.32. The van der Waals surface area contributed by atoms with Gasteiger partial charge in [-0.25, -0.2) is 15.0 Å². The van der Waals surface area contributed by atoms with Crippen molar-refractivity contribution in [3.63, 3.8) is 0 Å². The zero-order chi connectivity index (χ0) is 17.7. The van der Waals surface area contributed by atoms with Crippen LogP contribution in [0.4, 0.5) is 5.82 Å². The molecule has 2 aromatic rings. The number of imidazole rings is 1. The first-order valence-corrected chi connectivity index (χ1v) is 11.5. The van der Waals surface area contributed by atoms with Crippen LogP contribution in [-0.4, -0.2) is 57.1 Å². The fourth-order valence-electron chi connectivity index (χ4n) is 2.44. The van der Waals surface area contributed by atoms with Crippen molar-refractivity contribution in [1.29, 1.82) is 0 Å². The number of anilines is 1. The highest BCUT2D eigenvalue weighted by molar-refractivity contribution is 6.88. The Labute approximate surface area is 142 Å². The molecule has 2 heterocycles. The van der Waals surface area contributed by atoms with E-state index in [9.17, 15) is 0 Å². The van der Waals surface area contributed by atoms with Crippen molar-refractivity contribution in [2.24, 2.45) is 0 Å². The second-order valence-corrected chi connectivity index (χ2v) is 11.3. The minimum absolute atomic E-state index is 0.134. The van der Waals surface area contributed by atoms with Gasteiger partial charge in [0.25, 0.3) is 0 Å². The van der Waals surface area contributed by atoms with Crippen LogP contribution in [-0.2, 0) is 11.5 Å². The number of unbranched alkanes of at least 4 members (excludes halogenated alkanes) is 1. The van der Waals surface area contributed by atoms with Crippen molar-refractivity contribution in [1.82, 2.24) is 19.5 Å². The number of nitrogen functional groups attached to an aromatic ring is 1. The van der Waals surface area contributed by atoms with E-state index in [-0.39, 0.29) is 19.9 Å². The summed E-state index contributed by atoms with van der Waals surface area (Å²) in [5, 5.41) is 18.2. The van der Waals surface area contributed by atoms with Gasteiger partial charge in [0, 0.05) is 0 Å². The van der Waals surface area contributed by atoms with Crippen molar-refractivity contribution < 1.29 is 14.9 Å². The average molecular weight is 353 g/mol. The Bertz CT molecular complexity index is 672. The van der Waals surface area contributed by atoms with Crippen LogP contribution in [0.2, 0.25) is 19.1 Å². The number of hydrogen-bond acceptors (Lipinski definition) is 7. The van der Waals surface area contributed by atoms with Crippen LogP contribution in [0.25, 0.3) is 11.2 Å². The molecule has 0 spiro atoms. The molecule has 0 aliphatic heterocycles. The van der Waals surface area contributed by atoms with Crippen molar-refractivity contribution in [2.45, 2.75) is 51.7 Å². The molecule has 0 fully saturated rings. The van der Waals surface area contributed by atoms with Gasteiger partial charge >= 0.3 is 0 Å². The molecular formula is C15H27N5O3Si. The van der Waals surface area contributed by atoms with Gasteiger partial charge < -0.3 is 20.7 Å². The number of hydrogen-bond donors (Lipinski definition) is 3. The standard InChI is InChI=1S/C15H27N5O3Si/c1-4-5-6-24(2,3)15-18-13(16)12-14(19-15)20(9-17-12)10-23-11(7-21)8-22/h9,11,21-22H,4-8,10H2,1-3H3,(H2,16,18,19). The van der Waals surface area contributed by atoms with Crippen LogP contribution in [0.5, 0.6) is 0 Å². The number of aliphatic hydroxyl groups is 2. The maximum Gasteiger partial charge on any atom is 0.167 e. The maximum absolute atomic E-state index is 9.10. The Morgan fingerprint density at radius 1 is 1.29 bits per heavy atom. The first-order valence-electron chi connectivity index (χ1n) is 8.25. The van der Waals surface area contributed by atoms with Crippen molar-refractivity contribution in [2.75, 3.05) is 18.9 Å². The van der Waals surface area contributed by atoms with Gasteiger partial charge in [-0.1, -0.05) is 38.9 Å². The molecule has 8 nitrogen and oxygen atoms in total. The fourth-order valence-corrected chi connectivity index (χ4v) is 4.74. The number of fused-ring (bicyclic) bond motifs is 1. The second-order valence-electron chi connectivity index (χ2n) is 6.59. The Kier molecular flexibility index (Phi) is 6.27. The molecule has 4 N–H and O–H groups in total. The van der Waals surface area contributed by atoms with Gasteiger partial charge in [0.1, 0.15) is 31.9 Å². The zero-order valence-electron chi connectivity index (χ0n) is 14.6. The Hall–Kier alpha value is -1.55. The molecule has 0 aliphatic carbocycles. The number of ether oxygens (including phenoxy) is 1. The molecule has 0 aliphatic rings. The molecule has 0 saturated carbocycles. The predicted octanol–water partition coefficient (Wildman–Crippen LogP) is 0.451. The van der Waals surface area contributed by atoms with Crippen LogP contribution in [0.3, 0.4) is 0 Å². The van der Waals surface area contributed by atoms with E-state index in [1.807, 2.05) is 0 Å². The summed E-state index contributed by atoms with van der Waals surface area (Å²) >= 11 is 0. The van der Waals surface area contributed by atoms with Crippen molar-refractivity contribution >= 4 is 30.5 Å². The lowest BCUT2D eigenvalue weighted by atomic mass is 10.4. The van der Waals surface area contributed by atoms with E-state index in [1.165, 1.54) is 0 Å². The van der Waals surface area contributed by atoms with E-state index >= 15 is 0 Å². The van der Waals surface area contributed by atoms with Gasteiger partial charge in [-0.2, -0.15) is 0 Å². The van der Waals surface area contributed by atoms with Gasteiger partial charge in [0.05, 0.1) is 19.5 Å². The van der Waals surface area contributed by atoms with E-state index in [0.717, 1.165) is 24.3 Å². The molecule has 0 amide bonds. The number of nitrogens with two attached hydrogens (primary N) is 1.